The second kappa shape index (κ2) is 6.91. The van der Waals surface area contributed by atoms with E-state index in [1.807, 2.05) is 0 Å². The van der Waals surface area contributed by atoms with Crippen LogP contribution in [0.5, 0.6) is 0 Å². The van der Waals surface area contributed by atoms with Gasteiger partial charge in [0.1, 0.15) is 0 Å². The number of morpholine rings is 1. The smallest absolute Gasteiger partial charge is 0.0897 e. The predicted molar refractivity (Wildman–Crippen MR) is 86.6 cm³/mol. The minimum absolute atomic E-state index is 0.270. The van der Waals surface area contributed by atoms with Crippen molar-refractivity contribution >= 4 is 0 Å². The van der Waals surface area contributed by atoms with E-state index in [9.17, 15) is 0 Å². The normalized spacial score (nSPS) is 27.5. The Morgan fingerprint density at radius 3 is 2.81 bits per heavy atom. The summed E-state index contributed by atoms with van der Waals surface area (Å²) in [6, 6.07) is 10.0. The maximum Gasteiger partial charge on any atom is 0.0897 e. The largest absolute Gasteiger partial charge is 0.373 e. The molecule has 1 N–H and O–H groups in total. The molecule has 116 valence electrons. The molecule has 0 amide bonds. The molecule has 3 rings (SSSR count). The van der Waals surface area contributed by atoms with E-state index < -0.39 is 0 Å². The van der Waals surface area contributed by atoms with E-state index >= 15 is 0 Å². The number of likely N-dealkylation sites (N-methyl/N-ethyl adjacent to an activating group) is 1. The van der Waals surface area contributed by atoms with Crippen LogP contribution >= 0.6 is 0 Å². The van der Waals surface area contributed by atoms with Gasteiger partial charge in [-0.2, -0.15) is 0 Å². The summed E-state index contributed by atoms with van der Waals surface area (Å²) in [7, 11) is 0. The Labute approximate surface area is 128 Å². The van der Waals surface area contributed by atoms with Gasteiger partial charge in [-0.1, -0.05) is 38.1 Å². The van der Waals surface area contributed by atoms with Crippen LogP contribution in [-0.2, 0) is 11.2 Å². The number of rotatable bonds is 5. The van der Waals surface area contributed by atoms with Gasteiger partial charge in [0.2, 0.25) is 0 Å². The first kappa shape index (κ1) is 15.0. The van der Waals surface area contributed by atoms with Gasteiger partial charge in [-0.3, -0.25) is 4.90 Å². The second-order valence-electron chi connectivity index (χ2n) is 6.29. The van der Waals surface area contributed by atoms with Crippen LogP contribution in [0.15, 0.2) is 24.3 Å². The average Bonchev–Trinajstić information content (AvgIpc) is 3.00. The Morgan fingerprint density at radius 2 is 2.10 bits per heavy atom. The highest BCUT2D eigenvalue weighted by atomic mass is 16.5. The Balaban J connectivity index is 1.73. The monoisotopic (exact) mass is 288 g/mol. The Kier molecular flexibility index (Phi) is 4.94. The molecule has 2 aliphatic heterocycles. The van der Waals surface area contributed by atoms with Crippen molar-refractivity contribution in [2.24, 2.45) is 0 Å². The van der Waals surface area contributed by atoms with Crippen molar-refractivity contribution in [3.63, 3.8) is 0 Å². The zero-order valence-electron chi connectivity index (χ0n) is 13.3. The van der Waals surface area contributed by atoms with Gasteiger partial charge >= 0.3 is 0 Å². The molecule has 3 unspecified atom stereocenters. The molecule has 0 spiro atoms. The van der Waals surface area contributed by atoms with E-state index in [0.29, 0.717) is 12.1 Å². The van der Waals surface area contributed by atoms with E-state index in [2.05, 4.69) is 48.3 Å². The van der Waals surface area contributed by atoms with Crippen LogP contribution in [0.1, 0.15) is 43.9 Å². The first-order valence-electron chi connectivity index (χ1n) is 8.49. The van der Waals surface area contributed by atoms with Crippen molar-refractivity contribution in [2.45, 2.75) is 51.3 Å². The van der Waals surface area contributed by atoms with Gasteiger partial charge in [-0.25, -0.2) is 0 Å². The number of hydrogen-bond donors (Lipinski definition) is 1. The first-order chi connectivity index (χ1) is 10.3. The van der Waals surface area contributed by atoms with Crippen molar-refractivity contribution in [1.29, 1.82) is 0 Å². The van der Waals surface area contributed by atoms with Crippen molar-refractivity contribution < 1.29 is 4.74 Å². The summed E-state index contributed by atoms with van der Waals surface area (Å²) in [5.74, 6) is 0. The zero-order chi connectivity index (χ0) is 14.7. The van der Waals surface area contributed by atoms with Gasteiger partial charge < -0.3 is 10.1 Å². The third-order valence-electron chi connectivity index (χ3n) is 4.96. The molecule has 2 heterocycles. The number of hydrogen-bond acceptors (Lipinski definition) is 3. The second-order valence-corrected chi connectivity index (χ2v) is 6.29. The van der Waals surface area contributed by atoms with Gasteiger partial charge in [0.25, 0.3) is 0 Å². The number of ether oxygens (including phenoxy) is 1. The van der Waals surface area contributed by atoms with Crippen molar-refractivity contribution in [3.05, 3.63) is 35.4 Å². The molecular weight excluding hydrogens is 260 g/mol. The van der Waals surface area contributed by atoms with Crippen LogP contribution < -0.4 is 5.32 Å². The van der Waals surface area contributed by atoms with Gasteiger partial charge in [0, 0.05) is 12.6 Å². The summed E-state index contributed by atoms with van der Waals surface area (Å²) in [5, 5.41) is 3.63. The summed E-state index contributed by atoms with van der Waals surface area (Å²) >= 11 is 0. The maximum atomic E-state index is 6.21. The number of fused-ring (bicyclic) bond motifs is 1. The average molecular weight is 288 g/mol. The maximum absolute atomic E-state index is 6.21. The molecule has 3 atom stereocenters. The molecule has 0 aromatic heterocycles. The SMILES string of the molecule is CCNC(c1ccc(CC)cc1)C1CN2CCCC2CO1. The van der Waals surface area contributed by atoms with Crippen molar-refractivity contribution in [2.75, 3.05) is 26.2 Å². The predicted octanol–water partition coefficient (Wildman–Crippen LogP) is 2.76. The van der Waals surface area contributed by atoms with E-state index in [1.165, 1.54) is 30.5 Å². The van der Waals surface area contributed by atoms with Crippen LogP contribution in [0.2, 0.25) is 0 Å². The Hall–Kier alpha value is -0.900. The molecule has 1 aromatic carbocycles. The molecule has 2 fully saturated rings. The highest BCUT2D eigenvalue weighted by Crippen LogP contribution is 2.29. The van der Waals surface area contributed by atoms with E-state index in [-0.39, 0.29) is 6.10 Å². The van der Waals surface area contributed by atoms with Crippen molar-refractivity contribution in [1.82, 2.24) is 10.2 Å². The molecule has 0 bridgehead atoms. The van der Waals surface area contributed by atoms with E-state index in [4.69, 9.17) is 4.74 Å². The van der Waals surface area contributed by atoms with Gasteiger partial charge in [-0.05, 0) is 43.5 Å². The fourth-order valence-electron chi connectivity index (χ4n) is 3.69. The van der Waals surface area contributed by atoms with Crippen LogP contribution in [0.3, 0.4) is 0 Å². The molecule has 2 aliphatic rings. The molecule has 3 heteroatoms. The Bertz CT molecular complexity index is 445. The van der Waals surface area contributed by atoms with Crippen LogP contribution in [0.25, 0.3) is 0 Å². The lowest BCUT2D eigenvalue weighted by atomic mass is 9.97. The molecule has 0 saturated carbocycles. The third kappa shape index (κ3) is 3.31. The standard InChI is InChI=1S/C18H28N2O/c1-3-14-7-9-15(10-8-14)18(19-4-2)17-12-20-11-5-6-16(20)13-21-17/h7-10,16-19H,3-6,11-13H2,1-2H3. The lowest BCUT2D eigenvalue weighted by Gasteiger charge is -2.39. The first-order valence-corrected chi connectivity index (χ1v) is 8.49. The highest BCUT2D eigenvalue weighted by Gasteiger charge is 2.35. The molecule has 1 aromatic rings. The summed E-state index contributed by atoms with van der Waals surface area (Å²) < 4.78 is 6.21. The lowest BCUT2D eigenvalue weighted by Crippen LogP contribution is -2.50. The van der Waals surface area contributed by atoms with Crippen molar-refractivity contribution in [3.8, 4) is 0 Å². The number of aryl methyl sites for hydroxylation is 1. The zero-order valence-corrected chi connectivity index (χ0v) is 13.3. The molecular formula is C18H28N2O. The molecule has 3 nitrogen and oxygen atoms in total. The van der Waals surface area contributed by atoms with Crippen LogP contribution in [0.4, 0.5) is 0 Å². The number of nitrogens with zero attached hydrogens (tertiary/aromatic N) is 1. The van der Waals surface area contributed by atoms with Gasteiger partial charge in [-0.15, -0.1) is 0 Å². The topological polar surface area (TPSA) is 24.5 Å². The molecule has 2 saturated heterocycles. The number of nitrogens with one attached hydrogen (secondary N) is 1. The minimum atomic E-state index is 0.270. The minimum Gasteiger partial charge on any atom is -0.373 e. The van der Waals surface area contributed by atoms with Gasteiger partial charge in [0.05, 0.1) is 18.8 Å². The summed E-state index contributed by atoms with van der Waals surface area (Å²) in [6.45, 7) is 8.57. The molecule has 0 aliphatic carbocycles. The lowest BCUT2D eigenvalue weighted by molar-refractivity contribution is -0.0650. The van der Waals surface area contributed by atoms with Gasteiger partial charge in [0.15, 0.2) is 0 Å². The van der Waals surface area contributed by atoms with Crippen LogP contribution in [-0.4, -0.2) is 43.3 Å². The Morgan fingerprint density at radius 1 is 1.29 bits per heavy atom. The molecule has 21 heavy (non-hydrogen) atoms. The molecule has 0 radical (unpaired) electrons. The van der Waals surface area contributed by atoms with E-state index in [1.54, 1.807) is 0 Å². The fourth-order valence-corrected chi connectivity index (χ4v) is 3.69. The summed E-state index contributed by atoms with van der Waals surface area (Å²) in [6.07, 6.45) is 4.01. The van der Waals surface area contributed by atoms with Crippen LogP contribution in [0, 0.1) is 0 Å². The third-order valence-corrected chi connectivity index (χ3v) is 4.96. The number of benzene rings is 1. The van der Waals surface area contributed by atoms with E-state index in [0.717, 1.165) is 26.1 Å². The quantitative estimate of drug-likeness (QED) is 0.901. The fraction of sp³-hybridized carbons (Fsp3) is 0.667. The summed E-state index contributed by atoms with van der Waals surface area (Å²) in [4.78, 5) is 2.62. The summed E-state index contributed by atoms with van der Waals surface area (Å²) in [5.41, 5.74) is 2.76. The highest BCUT2D eigenvalue weighted by molar-refractivity contribution is 5.26.